The van der Waals surface area contributed by atoms with Crippen molar-refractivity contribution in [1.82, 2.24) is 28.9 Å². The van der Waals surface area contributed by atoms with Gasteiger partial charge in [-0.1, -0.05) is 43.7 Å². The molecule has 3 heterocycles. The fourth-order valence-electron chi connectivity index (χ4n) is 4.10. The summed E-state index contributed by atoms with van der Waals surface area (Å²) in [5.41, 5.74) is 1.54. The van der Waals surface area contributed by atoms with Crippen molar-refractivity contribution in [2.24, 2.45) is 7.05 Å². The van der Waals surface area contributed by atoms with Crippen LogP contribution in [0.1, 0.15) is 31.2 Å². The van der Waals surface area contributed by atoms with Crippen molar-refractivity contribution in [3.8, 4) is 0 Å². The maximum absolute atomic E-state index is 12.5. The molecule has 0 radical (unpaired) electrons. The molecule has 3 aromatic rings. The van der Waals surface area contributed by atoms with Crippen LogP contribution in [0.5, 0.6) is 0 Å². The third kappa shape index (κ3) is 4.24. The molecule has 4 rings (SSSR count). The van der Waals surface area contributed by atoms with Crippen molar-refractivity contribution < 1.29 is 0 Å². The summed E-state index contributed by atoms with van der Waals surface area (Å²) in [6.07, 6.45) is 1.99. The average Bonchev–Trinajstić information content (AvgIpc) is 3.11. The number of hydrogen-bond donors (Lipinski definition) is 1. The van der Waals surface area contributed by atoms with Crippen molar-refractivity contribution >= 4 is 11.2 Å². The molecule has 8 nitrogen and oxygen atoms in total. The Morgan fingerprint density at radius 1 is 1.00 bits per heavy atom. The van der Waals surface area contributed by atoms with Crippen LogP contribution in [0, 0.1) is 0 Å². The first-order valence-corrected chi connectivity index (χ1v) is 10.7. The normalized spacial score (nSPS) is 15.8. The van der Waals surface area contributed by atoms with Gasteiger partial charge < -0.3 is 4.57 Å². The summed E-state index contributed by atoms with van der Waals surface area (Å²) in [6, 6.07) is 10.6. The summed E-state index contributed by atoms with van der Waals surface area (Å²) in [7, 11) is 1.66. The van der Waals surface area contributed by atoms with Crippen molar-refractivity contribution in [3.63, 3.8) is 0 Å². The molecule has 0 atom stereocenters. The first-order chi connectivity index (χ1) is 14.6. The van der Waals surface area contributed by atoms with Crippen LogP contribution in [0.3, 0.4) is 0 Å². The Bertz CT molecular complexity index is 1110. The van der Waals surface area contributed by atoms with Gasteiger partial charge in [-0.15, -0.1) is 0 Å². The highest BCUT2D eigenvalue weighted by atomic mass is 16.2. The maximum Gasteiger partial charge on any atom is 0.329 e. The van der Waals surface area contributed by atoms with Gasteiger partial charge in [0.1, 0.15) is 5.82 Å². The van der Waals surface area contributed by atoms with Gasteiger partial charge >= 0.3 is 5.69 Å². The number of piperazine rings is 1. The number of aryl methyl sites for hydroxylation is 2. The van der Waals surface area contributed by atoms with Crippen molar-refractivity contribution in [3.05, 3.63) is 62.6 Å². The van der Waals surface area contributed by atoms with E-state index in [2.05, 4.69) is 46.0 Å². The van der Waals surface area contributed by atoms with Crippen LogP contribution in [0.4, 0.5) is 0 Å². The number of H-pyrrole nitrogens is 1. The molecule has 0 aliphatic carbocycles. The SMILES string of the molecule is CCCCn1c(CN2CCN(Cc3ccccc3)CC2)nc2c1c(=O)[nH]c(=O)n2C. The van der Waals surface area contributed by atoms with E-state index < -0.39 is 5.69 Å². The molecule has 1 saturated heterocycles. The molecule has 8 heteroatoms. The molecule has 0 spiro atoms. The van der Waals surface area contributed by atoms with Gasteiger partial charge in [-0.3, -0.25) is 24.1 Å². The van der Waals surface area contributed by atoms with E-state index in [1.807, 2.05) is 10.6 Å². The lowest BCUT2D eigenvalue weighted by atomic mass is 10.2. The van der Waals surface area contributed by atoms with E-state index in [0.717, 1.165) is 57.9 Å². The topological polar surface area (TPSA) is 79.2 Å². The minimum absolute atomic E-state index is 0.351. The molecule has 0 saturated carbocycles. The number of fused-ring (bicyclic) bond motifs is 1. The standard InChI is InChI=1S/C22H30N6O2/c1-3-4-10-28-18(23-20-19(28)21(29)24-22(30)25(20)2)16-27-13-11-26(12-14-27)15-17-8-6-5-7-9-17/h5-9H,3-4,10-16H2,1-2H3,(H,24,29,30). The molecule has 1 aromatic carbocycles. The molecule has 1 aliphatic rings. The number of imidazole rings is 1. The molecule has 0 bridgehead atoms. The van der Waals surface area contributed by atoms with Gasteiger partial charge in [0.15, 0.2) is 11.2 Å². The van der Waals surface area contributed by atoms with Gasteiger partial charge in [0.25, 0.3) is 5.56 Å². The first kappa shape index (κ1) is 20.6. The van der Waals surface area contributed by atoms with E-state index in [0.29, 0.717) is 17.7 Å². The Balaban J connectivity index is 1.51. The van der Waals surface area contributed by atoms with Crippen LogP contribution >= 0.6 is 0 Å². The summed E-state index contributed by atoms with van der Waals surface area (Å²) >= 11 is 0. The van der Waals surface area contributed by atoms with Crippen LogP contribution < -0.4 is 11.2 Å². The molecule has 1 N–H and O–H groups in total. The van der Waals surface area contributed by atoms with Gasteiger partial charge in [-0.05, 0) is 12.0 Å². The summed E-state index contributed by atoms with van der Waals surface area (Å²) in [5.74, 6) is 0.863. The van der Waals surface area contributed by atoms with Crippen molar-refractivity contribution in [1.29, 1.82) is 0 Å². The molecule has 1 fully saturated rings. The van der Waals surface area contributed by atoms with E-state index in [1.54, 1.807) is 7.05 Å². The Kier molecular flexibility index (Phi) is 6.15. The molecular formula is C22H30N6O2. The van der Waals surface area contributed by atoms with E-state index >= 15 is 0 Å². The monoisotopic (exact) mass is 410 g/mol. The summed E-state index contributed by atoms with van der Waals surface area (Å²) in [5, 5.41) is 0. The quantitative estimate of drug-likeness (QED) is 0.639. The Labute approximate surface area is 175 Å². The lowest BCUT2D eigenvalue weighted by molar-refractivity contribution is 0.119. The fourth-order valence-corrected chi connectivity index (χ4v) is 4.10. The average molecular weight is 411 g/mol. The van der Waals surface area contributed by atoms with Crippen LogP contribution in [-0.4, -0.2) is 55.1 Å². The van der Waals surface area contributed by atoms with Crippen molar-refractivity contribution in [2.45, 2.75) is 39.4 Å². The predicted molar refractivity (Wildman–Crippen MR) is 117 cm³/mol. The number of nitrogens with zero attached hydrogens (tertiary/aromatic N) is 5. The van der Waals surface area contributed by atoms with Gasteiger partial charge in [0.05, 0.1) is 6.54 Å². The highest BCUT2D eigenvalue weighted by Crippen LogP contribution is 2.16. The highest BCUT2D eigenvalue weighted by molar-refractivity contribution is 5.70. The Hall–Kier alpha value is -2.71. The zero-order chi connectivity index (χ0) is 21.1. The number of benzene rings is 1. The Morgan fingerprint density at radius 3 is 2.33 bits per heavy atom. The molecule has 1 aliphatic heterocycles. The molecule has 160 valence electrons. The minimum atomic E-state index is -0.422. The smallest absolute Gasteiger partial charge is 0.321 e. The molecule has 2 aromatic heterocycles. The maximum atomic E-state index is 12.5. The first-order valence-electron chi connectivity index (χ1n) is 10.7. The zero-order valence-electron chi connectivity index (χ0n) is 17.8. The van der Waals surface area contributed by atoms with Crippen LogP contribution in [0.2, 0.25) is 0 Å². The molecule has 0 amide bonds. The molecule has 0 unspecified atom stereocenters. The predicted octanol–water partition coefficient (Wildman–Crippen LogP) is 1.54. The van der Waals surface area contributed by atoms with Gasteiger partial charge in [0.2, 0.25) is 0 Å². The largest absolute Gasteiger partial charge is 0.329 e. The van der Waals surface area contributed by atoms with Crippen molar-refractivity contribution in [2.75, 3.05) is 26.2 Å². The van der Waals surface area contributed by atoms with E-state index in [-0.39, 0.29) is 5.56 Å². The number of rotatable bonds is 7. The van der Waals surface area contributed by atoms with Crippen LogP contribution in [-0.2, 0) is 26.7 Å². The minimum Gasteiger partial charge on any atom is -0.321 e. The number of aromatic nitrogens is 4. The van der Waals surface area contributed by atoms with Crippen LogP contribution in [0.15, 0.2) is 39.9 Å². The van der Waals surface area contributed by atoms with E-state index in [4.69, 9.17) is 4.98 Å². The summed E-state index contributed by atoms with van der Waals surface area (Å²) < 4.78 is 3.44. The lowest BCUT2D eigenvalue weighted by Crippen LogP contribution is -2.45. The van der Waals surface area contributed by atoms with Gasteiger partial charge in [-0.25, -0.2) is 9.78 Å². The zero-order valence-corrected chi connectivity index (χ0v) is 17.8. The van der Waals surface area contributed by atoms with E-state index in [9.17, 15) is 9.59 Å². The number of unbranched alkanes of at least 4 members (excludes halogenated alkanes) is 1. The third-order valence-electron chi connectivity index (χ3n) is 5.90. The summed E-state index contributed by atoms with van der Waals surface area (Å²) in [4.78, 5) is 36.5. The third-order valence-corrected chi connectivity index (χ3v) is 5.90. The fraction of sp³-hybridized carbons (Fsp3) is 0.500. The van der Waals surface area contributed by atoms with Gasteiger partial charge in [0, 0.05) is 46.3 Å². The lowest BCUT2D eigenvalue weighted by Gasteiger charge is -2.34. The number of hydrogen-bond acceptors (Lipinski definition) is 5. The second-order valence-corrected chi connectivity index (χ2v) is 8.06. The second-order valence-electron chi connectivity index (χ2n) is 8.06. The molecule has 30 heavy (non-hydrogen) atoms. The van der Waals surface area contributed by atoms with Gasteiger partial charge in [-0.2, -0.15) is 0 Å². The summed E-state index contributed by atoms with van der Waals surface area (Å²) in [6.45, 7) is 8.44. The van der Waals surface area contributed by atoms with Crippen LogP contribution in [0.25, 0.3) is 11.2 Å². The number of nitrogens with one attached hydrogen (secondary N) is 1. The second kappa shape index (κ2) is 8.97. The highest BCUT2D eigenvalue weighted by Gasteiger charge is 2.22. The Morgan fingerprint density at radius 2 is 1.67 bits per heavy atom. The molecular weight excluding hydrogens is 380 g/mol. The van der Waals surface area contributed by atoms with E-state index in [1.165, 1.54) is 10.1 Å². The number of aromatic amines is 1.